The topological polar surface area (TPSA) is 0 Å². The molecule has 39 heavy (non-hydrogen) atoms. The van der Waals surface area contributed by atoms with Crippen LogP contribution in [-0.4, -0.2) is 48.8 Å². The average Bonchev–Trinajstić information content (AvgIpc) is 2.85. The van der Waals surface area contributed by atoms with Crippen molar-refractivity contribution in [2.45, 2.75) is 161 Å². The van der Waals surface area contributed by atoms with Crippen LogP contribution in [0, 0.1) is 0 Å². The van der Waals surface area contributed by atoms with Crippen LogP contribution >= 0.6 is 17.2 Å². The number of alkyl halides is 8. The summed E-state index contributed by atoms with van der Waals surface area (Å²) in [5.41, 5.74) is 0. The van der Waals surface area contributed by atoms with Gasteiger partial charge in [0.25, 0.3) is 0 Å². The van der Waals surface area contributed by atoms with Crippen LogP contribution in [0.2, 0.25) is 0 Å². The molecule has 0 aliphatic carbocycles. The Balaban J connectivity index is 6.06. The van der Waals surface area contributed by atoms with Crippen LogP contribution in [-0.2, 0) is 0 Å². The van der Waals surface area contributed by atoms with Crippen LogP contribution in [0.3, 0.4) is 0 Å². The molecule has 0 aromatic heterocycles. The Morgan fingerprint density at radius 1 is 0.513 bits per heavy atom. The van der Waals surface area contributed by atoms with Crippen LogP contribution < -0.4 is 0 Å². The van der Waals surface area contributed by atoms with Gasteiger partial charge in [0.1, 0.15) is 0 Å². The standard InChI is InChI=1S/C29H54ClF8P/c1-4-7-10-13-16-19-22-39(30,23-20-17-14-11-8-5-2,24-21-18-15-12-9-6-3)25-27(33,34)29(37,38)28(35,36)26(31)32/h26H,4-25H2,1-3H3. The minimum absolute atomic E-state index is 0.0924. The van der Waals surface area contributed by atoms with E-state index in [4.69, 9.17) is 11.2 Å². The second-order valence-corrected chi connectivity index (χ2v) is 19.8. The van der Waals surface area contributed by atoms with E-state index in [0.717, 1.165) is 77.0 Å². The van der Waals surface area contributed by atoms with E-state index < -0.39 is 36.3 Å². The van der Waals surface area contributed by atoms with Crippen molar-refractivity contribution in [3.05, 3.63) is 0 Å². The van der Waals surface area contributed by atoms with Crippen molar-refractivity contribution in [3.63, 3.8) is 0 Å². The monoisotopic (exact) mass is 620 g/mol. The molecular formula is C29H54ClF8P. The fourth-order valence-electron chi connectivity index (χ4n) is 5.41. The van der Waals surface area contributed by atoms with Gasteiger partial charge >= 0.3 is 238 Å². The van der Waals surface area contributed by atoms with Gasteiger partial charge in [-0.1, -0.05) is 0 Å². The van der Waals surface area contributed by atoms with Crippen LogP contribution in [0.25, 0.3) is 0 Å². The van der Waals surface area contributed by atoms with Crippen LogP contribution in [0.5, 0.6) is 0 Å². The van der Waals surface area contributed by atoms with Crippen molar-refractivity contribution < 1.29 is 35.1 Å². The first kappa shape index (κ1) is 39.2. The summed E-state index contributed by atoms with van der Waals surface area (Å²) in [6, 6.07) is 0. The molecule has 0 aliphatic rings. The second kappa shape index (κ2) is 18.6. The van der Waals surface area contributed by atoms with Gasteiger partial charge in [0.15, 0.2) is 0 Å². The molecule has 238 valence electrons. The zero-order chi connectivity index (χ0) is 30.1. The number of halogens is 9. The number of hydrogen-bond donors (Lipinski definition) is 0. The molecule has 0 bridgehead atoms. The van der Waals surface area contributed by atoms with Crippen molar-refractivity contribution in [1.29, 1.82) is 0 Å². The predicted octanol–water partition coefficient (Wildman–Crippen LogP) is 12.9. The van der Waals surface area contributed by atoms with Crippen LogP contribution in [0.15, 0.2) is 0 Å². The Morgan fingerprint density at radius 3 is 1.08 bits per heavy atom. The van der Waals surface area contributed by atoms with E-state index in [9.17, 15) is 26.3 Å². The molecule has 0 N–H and O–H groups in total. The molecule has 0 atom stereocenters. The van der Waals surface area contributed by atoms with E-state index in [1.807, 2.05) is 0 Å². The zero-order valence-electron chi connectivity index (χ0n) is 24.5. The van der Waals surface area contributed by atoms with E-state index in [0.29, 0.717) is 38.5 Å². The SMILES string of the molecule is CCCCCCCCP(Cl)(CCCCCCCC)(CCCCCCCC)CC(F)(F)C(F)(F)C(F)(F)C(F)F. The first-order chi connectivity index (χ1) is 18.1. The van der Waals surface area contributed by atoms with Gasteiger partial charge in [-0.15, -0.1) is 0 Å². The molecule has 0 unspecified atom stereocenters. The number of rotatable bonds is 26. The van der Waals surface area contributed by atoms with Crippen molar-refractivity contribution in [1.82, 2.24) is 0 Å². The molecular weight excluding hydrogens is 567 g/mol. The van der Waals surface area contributed by atoms with E-state index in [-0.39, 0.29) is 18.5 Å². The molecule has 0 spiro atoms. The van der Waals surface area contributed by atoms with Gasteiger partial charge in [0.05, 0.1) is 0 Å². The van der Waals surface area contributed by atoms with Crippen molar-refractivity contribution in [3.8, 4) is 0 Å². The fourth-order valence-corrected chi connectivity index (χ4v) is 12.3. The van der Waals surface area contributed by atoms with Gasteiger partial charge < -0.3 is 0 Å². The Kier molecular flexibility index (Phi) is 18.7. The molecule has 0 fully saturated rings. The molecule has 0 saturated heterocycles. The predicted molar refractivity (Wildman–Crippen MR) is 153 cm³/mol. The number of hydrogen-bond acceptors (Lipinski definition) is 0. The summed E-state index contributed by atoms with van der Waals surface area (Å²) in [5, 5.41) is 0. The third-order valence-corrected chi connectivity index (χ3v) is 15.3. The molecule has 0 aromatic carbocycles. The Bertz CT molecular complexity index is 587. The molecule has 0 heterocycles. The van der Waals surface area contributed by atoms with E-state index >= 15 is 8.78 Å². The molecule has 0 nitrogen and oxygen atoms in total. The normalized spacial score (nSPS) is 14.6. The molecule has 0 aliphatic heterocycles. The summed E-state index contributed by atoms with van der Waals surface area (Å²) in [6.45, 7) is 6.18. The van der Waals surface area contributed by atoms with Crippen molar-refractivity contribution in [2.24, 2.45) is 0 Å². The Labute approximate surface area is 237 Å². The minimum atomic E-state index is -6.20. The first-order valence-corrected chi connectivity index (χ1v) is 19.1. The maximum atomic E-state index is 15.2. The quantitative estimate of drug-likeness (QED) is 0.0512. The third-order valence-electron chi connectivity index (χ3n) is 7.96. The van der Waals surface area contributed by atoms with E-state index in [1.54, 1.807) is 0 Å². The maximum absolute atomic E-state index is 15.2. The van der Waals surface area contributed by atoms with Gasteiger partial charge in [0.2, 0.25) is 0 Å². The zero-order valence-corrected chi connectivity index (χ0v) is 26.1. The van der Waals surface area contributed by atoms with Gasteiger partial charge in [0, 0.05) is 0 Å². The summed E-state index contributed by atoms with van der Waals surface area (Å²) in [4.78, 5) is 0. The third kappa shape index (κ3) is 13.3. The van der Waals surface area contributed by atoms with Crippen LogP contribution in [0.1, 0.15) is 136 Å². The second-order valence-electron chi connectivity index (χ2n) is 11.7. The average molecular weight is 621 g/mol. The molecule has 0 rings (SSSR count). The van der Waals surface area contributed by atoms with Gasteiger partial charge in [-0.25, -0.2) is 0 Å². The van der Waals surface area contributed by atoms with Crippen LogP contribution in [0.4, 0.5) is 35.1 Å². The Hall–Kier alpha value is 0.160. The molecule has 0 radical (unpaired) electrons. The van der Waals surface area contributed by atoms with Crippen molar-refractivity contribution >= 4 is 17.2 Å². The molecule has 0 saturated carbocycles. The molecule has 0 amide bonds. The van der Waals surface area contributed by atoms with Crippen molar-refractivity contribution in [2.75, 3.05) is 24.6 Å². The Morgan fingerprint density at radius 2 is 0.795 bits per heavy atom. The van der Waals surface area contributed by atoms with Gasteiger partial charge in [-0.3, -0.25) is 0 Å². The van der Waals surface area contributed by atoms with Gasteiger partial charge in [-0.05, 0) is 0 Å². The first-order valence-electron chi connectivity index (χ1n) is 15.3. The number of unbranched alkanes of at least 4 members (excludes halogenated alkanes) is 15. The van der Waals surface area contributed by atoms with E-state index in [2.05, 4.69) is 20.8 Å². The summed E-state index contributed by atoms with van der Waals surface area (Å²) < 4.78 is 113. The summed E-state index contributed by atoms with van der Waals surface area (Å²) in [6.07, 6.45) is 8.69. The fraction of sp³-hybridized carbons (Fsp3) is 1.00. The molecule has 0 aromatic rings. The molecule has 10 heteroatoms. The summed E-state index contributed by atoms with van der Waals surface area (Å²) in [5.74, 6) is -21.9. The van der Waals surface area contributed by atoms with E-state index in [1.165, 1.54) is 0 Å². The summed E-state index contributed by atoms with van der Waals surface area (Å²) in [7, 11) is 0. The summed E-state index contributed by atoms with van der Waals surface area (Å²) >= 11 is 7.22. The van der Waals surface area contributed by atoms with Gasteiger partial charge in [-0.2, -0.15) is 0 Å².